The summed E-state index contributed by atoms with van der Waals surface area (Å²) in [6.45, 7) is 4.62. The molecule has 0 radical (unpaired) electrons. The highest BCUT2D eigenvalue weighted by Crippen LogP contribution is 2.16. The van der Waals surface area contributed by atoms with E-state index in [1.165, 1.54) is 0 Å². The Kier molecular flexibility index (Phi) is 9.48. The first-order valence-electron chi connectivity index (χ1n) is 9.38. The summed E-state index contributed by atoms with van der Waals surface area (Å²) >= 11 is 0. The molecular weight excluding hydrogens is 483 g/mol. The largest absolute Gasteiger partial charge is 0.497 e. The summed E-state index contributed by atoms with van der Waals surface area (Å²) in [6.07, 6.45) is 2.68. The Bertz CT molecular complexity index is 897. The Balaban J connectivity index is 0.00000300. The highest BCUT2D eigenvalue weighted by atomic mass is 127. The first kappa shape index (κ1) is 22.7. The number of halogens is 1. The standard InChI is InChI=1S/C20H26N6O2.HI/c1-3-21-20(23-13-15-28-17-9-7-16(27-2)8-10-17)22-12-11-19-25-24-18-6-4-5-14-26(18)19;/h4-10,14H,3,11-13,15H2,1-2H3,(H2,21,22,23);1H. The second-order valence-corrected chi connectivity index (χ2v) is 6.01. The number of hydrogen-bond acceptors (Lipinski definition) is 5. The van der Waals surface area contributed by atoms with Crippen molar-refractivity contribution in [2.75, 3.05) is 33.4 Å². The van der Waals surface area contributed by atoms with Crippen molar-refractivity contribution < 1.29 is 9.47 Å². The van der Waals surface area contributed by atoms with Gasteiger partial charge in [-0.1, -0.05) is 6.07 Å². The molecule has 0 fully saturated rings. The van der Waals surface area contributed by atoms with E-state index in [0.29, 0.717) is 26.1 Å². The van der Waals surface area contributed by atoms with Gasteiger partial charge in [-0.25, -0.2) is 0 Å². The van der Waals surface area contributed by atoms with E-state index in [9.17, 15) is 0 Å². The lowest BCUT2D eigenvalue weighted by atomic mass is 10.3. The van der Waals surface area contributed by atoms with Gasteiger partial charge in [-0.15, -0.1) is 34.2 Å². The number of fused-ring (bicyclic) bond motifs is 1. The van der Waals surface area contributed by atoms with Crippen LogP contribution in [-0.4, -0.2) is 53.9 Å². The molecule has 3 aromatic rings. The summed E-state index contributed by atoms with van der Waals surface area (Å²) in [7, 11) is 1.65. The molecule has 0 bridgehead atoms. The normalized spacial score (nSPS) is 11.0. The van der Waals surface area contributed by atoms with Gasteiger partial charge in [0.25, 0.3) is 0 Å². The molecule has 8 nitrogen and oxygen atoms in total. The topological polar surface area (TPSA) is 85.1 Å². The van der Waals surface area contributed by atoms with Crippen LogP contribution >= 0.6 is 24.0 Å². The second-order valence-electron chi connectivity index (χ2n) is 6.01. The number of ether oxygens (including phenoxy) is 2. The lowest BCUT2D eigenvalue weighted by Gasteiger charge is -2.12. The molecule has 0 saturated carbocycles. The van der Waals surface area contributed by atoms with E-state index in [1.807, 2.05) is 60.0 Å². The highest BCUT2D eigenvalue weighted by Gasteiger charge is 2.04. The zero-order chi connectivity index (χ0) is 19.6. The summed E-state index contributed by atoms with van der Waals surface area (Å²) in [5.74, 6) is 3.28. The number of aromatic nitrogens is 3. The number of pyridine rings is 1. The van der Waals surface area contributed by atoms with Gasteiger partial charge in [-0.3, -0.25) is 9.39 Å². The number of nitrogens with zero attached hydrogens (tertiary/aromatic N) is 4. The van der Waals surface area contributed by atoms with Crippen molar-refractivity contribution in [3.05, 3.63) is 54.5 Å². The predicted octanol–water partition coefficient (Wildman–Crippen LogP) is 2.53. The Morgan fingerprint density at radius 2 is 1.86 bits per heavy atom. The van der Waals surface area contributed by atoms with E-state index in [2.05, 4.69) is 25.8 Å². The maximum Gasteiger partial charge on any atom is 0.191 e. The Morgan fingerprint density at radius 3 is 2.62 bits per heavy atom. The molecule has 2 N–H and O–H groups in total. The third kappa shape index (κ3) is 6.77. The van der Waals surface area contributed by atoms with Crippen molar-refractivity contribution in [3.63, 3.8) is 0 Å². The van der Waals surface area contributed by atoms with Crippen LogP contribution in [0.25, 0.3) is 5.65 Å². The van der Waals surface area contributed by atoms with Gasteiger partial charge in [-0.2, -0.15) is 0 Å². The van der Waals surface area contributed by atoms with Crippen LogP contribution in [0.2, 0.25) is 0 Å². The maximum atomic E-state index is 5.72. The van der Waals surface area contributed by atoms with Gasteiger partial charge >= 0.3 is 0 Å². The molecule has 156 valence electrons. The molecule has 2 aromatic heterocycles. The number of methoxy groups -OCH3 is 1. The monoisotopic (exact) mass is 510 g/mol. The van der Waals surface area contributed by atoms with Crippen molar-refractivity contribution in [1.29, 1.82) is 0 Å². The minimum absolute atomic E-state index is 0. The van der Waals surface area contributed by atoms with Gasteiger partial charge in [0.15, 0.2) is 11.6 Å². The van der Waals surface area contributed by atoms with Gasteiger partial charge in [0.2, 0.25) is 0 Å². The SMILES string of the molecule is CCNC(=NCCc1nnc2ccccn12)NCCOc1ccc(OC)cc1.I. The Hall–Kier alpha value is -2.56. The van der Waals surface area contributed by atoms with Gasteiger partial charge in [-0.05, 0) is 43.3 Å². The van der Waals surface area contributed by atoms with E-state index in [1.54, 1.807) is 7.11 Å². The second kappa shape index (κ2) is 12.1. The molecule has 0 atom stereocenters. The zero-order valence-electron chi connectivity index (χ0n) is 16.7. The van der Waals surface area contributed by atoms with Crippen LogP contribution in [0.4, 0.5) is 0 Å². The number of guanidine groups is 1. The van der Waals surface area contributed by atoms with Crippen LogP contribution in [-0.2, 0) is 6.42 Å². The highest BCUT2D eigenvalue weighted by molar-refractivity contribution is 14.0. The number of hydrogen-bond donors (Lipinski definition) is 2. The number of aliphatic imine (C=N–C) groups is 1. The fourth-order valence-electron chi connectivity index (χ4n) is 2.68. The quantitative estimate of drug-likeness (QED) is 0.199. The third-order valence-corrected chi connectivity index (χ3v) is 4.06. The van der Waals surface area contributed by atoms with E-state index < -0.39 is 0 Å². The number of nitrogens with one attached hydrogen (secondary N) is 2. The first-order chi connectivity index (χ1) is 13.8. The fourth-order valence-corrected chi connectivity index (χ4v) is 2.68. The average molecular weight is 510 g/mol. The summed E-state index contributed by atoms with van der Waals surface area (Å²) in [5.41, 5.74) is 0.849. The molecule has 3 rings (SSSR count). The number of benzene rings is 1. The minimum Gasteiger partial charge on any atom is -0.497 e. The third-order valence-electron chi connectivity index (χ3n) is 4.06. The summed E-state index contributed by atoms with van der Waals surface area (Å²) in [6, 6.07) is 13.4. The molecule has 9 heteroatoms. The van der Waals surface area contributed by atoms with Crippen LogP contribution in [0.5, 0.6) is 11.5 Å². The van der Waals surface area contributed by atoms with Crippen molar-refractivity contribution >= 4 is 35.6 Å². The summed E-state index contributed by atoms with van der Waals surface area (Å²) in [5, 5.41) is 14.9. The average Bonchev–Trinajstić information content (AvgIpc) is 3.15. The van der Waals surface area contributed by atoms with Crippen LogP contribution < -0.4 is 20.1 Å². The van der Waals surface area contributed by atoms with Gasteiger partial charge in [0, 0.05) is 25.7 Å². The van der Waals surface area contributed by atoms with Crippen molar-refractivity contribution in [1.82, 2.24) is 25.2 Å². The van der Waals surface area contributed by atoms with Gasteiger partial charge in [0.05, 0.1) is 13.7 Å². The van der Waals surface area contributed by atoms with Crippen molar-refractivity contribution in [3.8, 4) is 11.5 Å². The Labute approximate surface area is 187 Å². The molecule has 0 unspecified atom stereocenters. The van der Waals surface area contributed by atoms with Crippen LogP contribution in [0.15, 0.2) is 53.7 Å². The van der Waals surface area contributed by atoms with Gasteiger partial charge in [0.1, 0.15) is 23.9 Å². The van der Waals surface area contributed by atoms with Crippen molar-refractivity contribution in [2.24, 2.45) is 4.99 Å². The molecule has 0 amide bonds. The predicted molar refractivity (Wildman–Crippen MR) is 125 cm³/mol. The molecule has 0 aliphatic heterocycles. The molecule has 0 spiro atoms. The minimum atomic E-state index is 0. The van der Waals surface area contributed by atoms with E-state index in [4.69, 9.17) is 9.47 Å². The number of rotatable bonds is 9. The van der Waals surface area contributed by atoms with Crippen LogP contribution in [0, 0.1) is 0 Å². The van der Waals surface area contributed by atoms with E-state index >= 15 is 0 Å². The zero-order valence-corrected chi connectivity index (χ0v) is 19.0. The molecule has 0 aliphatic rings. The van der Waals surface area contributed by atoms with Gasteiger partial charge < -0.3 is 20.1 Å². The van der Waals surface area contributed by atoms with Crippen LogP contribution in [0.3, 0.4) is 0 Å². The lowest BCUT2D eigenvalue weighted by molar-refractivity contribution is 0.321. The summed E-state index contributed by atoms with van der Waals surface area (Å²) < 4.78 is 12.8. The van der Waals surface area contributed by atoms with Crippen molar-refractivity contribution in [2.45, 2.75) is 13.3 Å². The fraction of sp³-hybridized carbons (Fsp3) is 0.350. The molecular formula is C20H27IN6O2. The van der Waals surface area contributed by atoms with Crippen LogP contribution in [0.1, 0.15) is 12.7 Å². The molecule has 0 saturated heterocycles. The smallest absolute Gasteiger partial charge is 0.191 e. The lowest BCUT2D eigenvalue weighted by Crippen LogP contribution is -2.39. The molecule has 2 heterocycles. The van der Waals surface area contributed by atoms with E-state index in [-0.39, 0.29) is 24.0 Å². The molecule has 0 aliphatic carbocycles. The molecule has 29 heavy (non-hydrogen) atoms. The maximum absolute atomic E-state index is 5.72. The first-order valence-corrected chi connectivity index (χ1v) is 9.38. The molecule has 1 aromatic carbocycles. The Morgan fingerprint density at radius 1 is 1.07 bits per heavy atom. The summed E-state index contributed by atoms with van der Waals surface area (Å²) in [4.78, 5) is 4.60. The van der Waals surface area contributed by atoms with E-state index in [0.717, 1.165) is 35.5 Å².